The maximum absolute atomic E-state index is 12.7. The molecule has 156 valence electrons. The topological polar surface area (TPSA) is 80.6 Å². The number of aromatic nitrogens is 1. The molecule has 0 unspecified atom stereocenters. The minimum atomic E-state index is -0.943. The third-order valence-corrected chi connectivity index (χ3v) is 5.25. The van der Waals surface area contributed by atoms with E-state index >= 15 is 0 Å². The fourth-order valence-corrected chi connectivity index (χ4v) is 3.66. The molecule has 0 fully saturated rings. The fourth-order valence-electron chi connectivity index (χ4n) is 3.66. The average Bonchev–Trinajstić information content (AvgIpc) is 3.19. The number of nitrogens with zero attached hydrogens (tertiary/aromatic N) is 1. The molecule has 1 aromatic heterocycles. The largest absolute Gasteiger partial charge is 0.496 e. The Morgan fingerprint density at radius 1 is 0.968 bits per heavy atom. The molecule has 0 radical (unpaired) electrons. The second kappa shape index (κ2) is 8.75. The number of nitrogens with one attached hydrogen (secondary N) is 1. The number of rotatable bonds is 7. The lowest BCUT2D eigenvalue weighted by Crippen LogP contribution is -2.23. The van der Waals surface area contributed by atoms with E-state index in [9.17, 15) is 14.7 Å². The molecule has 0 bridgehead atoms. The van der Waals surface area contributed by atoms with Gasteiger partial charge < -0.3 is 19.7 Å². The number of carbonyl (C=O) groups excluding carboxylic acids is 1. The van der Waals surface area contributed by atoms with Gasteiger partial charge in [-0.3, -0.25) is 4.79 Å². The summed E-state index contributed by atoms with van der Waals surface area (Å²) in [5.74, 6) is -0.380. The summed E-state index contributed by atoms with van der Waals surface area (Å²) in [6.07, 6.45) is 1.90. The summed E-state index contributed by atoms with van der Waals surface area (Å²) in [5, 5.41) is 13.3. The lowest BCUT2D eigenvalue weighted by Gasteiger charge is -2.11. The normalized spacial score (nSPS) is 10.7. The number of carboxylic acids is 1. The van der Waals surface area contributed by atoms with E-state index in [-0.39, 0.29) is 11.5 Å². The molecule has 0 spiro atoms. The Hall–Kier alpha value is -4.06. The quantitative estimate of drug-likeness (QED) is 0.472. The Bertz CT molecular complexity index is 1260. The standard InChI is InChI=1S/C25H22N2O4/c1-31-23-9-5-3-6-19(23)15-26-24(28)18-10-11-22-17(14-18)12-13-27(22)16-20-7-2-4-8-21(20)25(29)30/h2-14H,15-16H2,1H3,(H,26,28)(H,29,30). The number of benzene rings is 3. The molecule has 0 aliphatic rings. The summed E-state index contributed by atoms with van der Waals surface area (Å²) in [6.45, 7) is 0.805. The maximum Gasteiger partial charge on any atom is 0.336 e. The minimum Gasteiger partial charge on any atom is -0.496 e. The van der Waals surface area contributed by atoms with Crippen LogP contribution < -0.4 is 10.1 Å². The van der Waals surface area contributed by atoms with Crippen molar-refractivity contribution in [3.8, 4) is 5.75 Å². The molecule has 0 saturated carbocycles. The molecule has 0 aliphatic carbocycles. The first-order valence-corrected chi connectivity index (χ1v) is 9.87. The predicted molar refractivity (Wildman–Crippen MR) is 119 cm³/mol. The van der Waals surface area contributed by atoms with Crippen LogP contribution in [0.25, 0.3) is 10.9 Å². The summed E-state index contributed by atoms with van der Waals surface area (Å²) in [5.41, 5.74) is 3.41. The lowest BCUT2D eigenvalue weighted by molar-refractivity contribution is 0.0695. The van der Waals surface area contributed by atoms with Gasteiger partial charge in [0.25, 0.3) is 5.91 Å². The van der Waals surface area contributed by atoms with Crippen molar-refractivity contribution in [2.75, 3.05) is 7.11 Å². The van der Waals surface area contributed by atoms with E-state index in [1.165, 1.54) is 0 Å². The summed E-state index contributed by atoms with van der Waals surface area (Å²) >= 11 is 0. The Morgan fingerprint density at radius 3 is 2.48 bits per heavy atom. The van der Waals surface area contributed by atoms with E-state index in [0.29, 0.717) is 18.7 Å². The van der Waals surface area contributed by atoms with Crippen molar-refractivity contribution in [2.24, 2.45) is 0 Å². The summed E-state index contributed by atoms with van der Waals surface area (Å²) in [7, 11) is 1.61. The van der Waals surface area contributed by atoms with Gasteiger partial charge in [0.1, 0.15) is 5.75 Å². The number of carbonyl (C=O) groups is 2. The van der Waals surface area contributed by atoms with Crippen LogP contribution in [-0.4, -0.2) is 28.7 Å². The first-order valence-electron chi connectivity index (χ1n) is 9.87. The molecule has 0 atom stereocenters. The van der Waals surface area contributed by atoms with Gasteiger partial charge in [-0.15, -0.1) is 0 Å². The van der Waals surface area contributed by atoms with Crippen LogP contribution >= 0.6 is 0 Å². The number of methoxy groups -OCH3 is 1. The van der Waals surface area contributed by atoms with E-state index in [1.807, 2.05) is 65.4 Å². The van der Waals surface area contributed by atoms with Gasteiger partial charge >= 0.3 is 5.97 Å². The molecule has 2 N–H and O–H groups in total. The van der Waals surface area contributed by atoms with Gasteiger partial charge in [0.05, 0.1) is 12.7 Å². The molecule has 0 saturated heterocycles. The lowest BCUT2D eigenvalue weighted by atomic mass is 10.1. The molecule has 3 aromatic carbocycles. The van der Waals surface area contributed by atoms with Crippen molar-refractivity contribution in [3.63, 3.8) is 0 Å². The van der Waals surface area contributed by atoms with Crippen LogP contribution in [0.1, 0.15) is 31.8 Å². The molecule has 0 aliphatic heterocycles. The number of hydrogen-bond acceptors (Lipinski definition) is 3. The zero-order chi connectivity index (χ0) is 21.8. The van der Waals surface area contributed by atoms with Gasteiger partial charge in [0.15, 0.2) is 0 Å². The van der Waals surface area contributed by atoms with Gasteiger partial charge in [0.2, 0.25) is 0 Å². The molecule has 1 amide bonds. The highest BCUT2D eigenvalue weighted by atomic mass is 16.5. The predicted octanol–water partition coefficient (Wildman–Crippen LogP) is 4.33. The van der Waals surface area contributed by atoms with E-state index in [4.69, 9.17) is 4.74 Å². The highest BCUT2D eigenvalue weighted by Gasteiger charge is 2.12. The Morgan fingerprint density at radius 2 is 1.71 bits per heavy atom. The Kier molecular flexibility index (Phi) is 5.71. The molecule has 6 heteroatoms. The van der Waals surface area contributed by atoms with Crippen LogP contribution in [0, 0.1) is 0 Å². The van der Waals surface area contributed by atoms with Crippen molar-refractivity contribution < 1.29 is 19.4 Å². The van der Waals surface area contributed by atoms with E-state index < -0.39 is 5.97 Å². The zero-order valence-electron chi connectivity index (χ0n) is 17.0. The third kappa shape index (κ3) is 4.28. The number of para-hydroxylation sites is 1. The highest BCUT2D eigenvalue weighted by Crippen LogP contribution is 2.21. The number of amides is 1. The third-order valence-electron chi connectivity index (χ3n) is 5.25. The van der Waals surface area contributed by atoms with Crippen LogP contribution in [0.15, 0.2) is 79.0 Å². The van der Waals surface area contributed by atoms with Crippen LogP contribution in [0.3, 0.4) is 0 Å². The summed E-state index contributed by atoms with van der Waals surface area (Å²) in [6, 6.07) is 22.0. The van der Waals surface area contributed by atoms with Crippen molar-refractivity contribution in [1.82, 2.24) is 9.88 Å². The SMILES string of the molecule is COc1ccccc1CNC(=O)c1ccc2c(ccn2Cc2ccccc2C(=O)O)c1. The van der Waals surface area contributed by atoms with Gasteiger partial charge in [-0.25, -0.2) is 4.79 Å². The van der Waals surface area contributed by atoms with E-state index in [0.717, 1.165) is 27.8 Å². The molecule has 1 heterocycles. The number of aromatic carboxylic acids is 1. The molecule has 4 aromatic rings. The van der Waals surface area contributed by atoms with Crippen molar-refractivity contribution in [1.29, 1.82) is 0 Å². The number of hydrogen-bond donors (Lipinski definition) is 2. The summed E-state index contributed by atoms with van der Waals surface area (Å²) in [4.78, 5) is 24.1. The summed E-state index contributed by atoms with van der Waals surface area (Å²) < 4.78 is 7.30. The van der Waals surface area contributed by atoms with Gasteiger partial charge in [0, 0.05) is 41.3 Å². The number of carboxylic acid groups (broad SMARTS) is 1. The van der Waals surface area contributed by atoms with Crippen LogP contribution in [0.4, 0.5) is 0 Å². The van der Waals surface area contributed by atoms with Crippen molar-refractivity contribution in [3.05, 3.63) is 101 Å². The minimum absolute atomic E-state index is 0.170. The van der Waals surface area contributed by atoms with Crippen molar-refractivity contribution >= 4 is 22.8 Å². The van der Waals surface area contributed by atoms with E-state index in [2.05, 4.69) is 5.32 Å². The van der Waals surface area contributed by atoms with E-state index in [1.54, 1.807) is 25.3 Å². The van der Waals surface area contributed by atoms with Gasteiger partial charge in [-0.1, -0.05) is 36.4 Å². The second-order valence-electron chi connectivity index (χ2n) is 7.17. The van der Waals surface area contributed by atoms with Crippen LogP contribution in [0.2, 0.25) is 0 Å². The molecule has 31 heavy (non-hydrogen) atoms. The zero-order valence-corrected chi connectivity index (χ0v) is 17.0. The Labute approximate surface area is 179 Å². The van der Waals surface area contributed by atoms with Crippen LogP contribution in [0.5, 0.6) is 5.75 Å². The van der Waals surface area contributed by atoms with Gasteiger partial charge in [-0.05, 0) is 42.0 Å². The Balaban J connectivity index is 1.52. The monoisotopic (exact) mass is 414 g/mol. The number of ether oxygens (including phenoxy) is 1. The second-order valence-corrected chi connectivity index (χ2v) is 7.17. The smallest absolute Gasteiger partial charge is 0.336 e. The first-order chi connectivity index (χ1) is 15.1. The van der Waals surface area contributed by atoms with Crippen molar-refractivity contribution in [2.45, 2.75) is 13.1 Å². The fraction of sp³-hybridized carbons (Fsp3) is 0.120. The van der Waals surface area contributed by atoms with Crippen LogP contribution in [-0.2, 0) is 13.1 Å². The van der Waals surface area contributed by atoms with Gasteiger partial charge in [-0.2, -0.15) is 0 Å². The highest BCUT2D eigenvalue weighted by molar-refractivity contribution is 5.98. The number of fused-ring (bicyclic) bond motifs is 1. The molecule has 6 nitrogen and oxygen atoms in total. The molecular weight excluding hydrogens is 392 g/mol. The molecule has 4 rings (SSSR count). The average molecular weight is 414 g/mol. The maximum atomic E-state index is 12.7. The first kappa shape index (κ1) is 20.2. The molecular formula is C25H22N2O4.